The molecule has 0 amide bonds. The van der Waals surface area contributed by atoms with Gasteiger partial charge in [0.25, 0.3) is 0 Å². The summed E-state index contributed by atoms with van der Waals surface area (Å²) in [6.07, 6.45) is 8.32. The SMILES string of the molecule is Cc1cnc(SCC(=O)O)n1CC1(C)CCCCC1. The molecule has 0 bridgehead atoms. The molecular formula is C14H22N2O2S. The van der Waals surface area contributed by atoms with E-state index in [0.717, 1.165) is 17.4 Å². The zero-order valence-corrected chi connectivity index (χ0v) is 12.5. The molecule has 0 aromatic carbocycles. The van der Waals surface area contributed by atoms with Gasteiger partial charge >= 0.3 is 5.97 Å². The number of imidazole rings is 1. The molecule has 1 N–H and O–H groups in total. The van der Waals surface area contributed by atoms with Gasteiger partial charge in [-0.25, -0.2) is 4.98 Å². The number of nitrogens with zero attached hydrogens (tertiary/aromatic N) is 2. The summed E-state index contributed by atoms with van der Waals surface area (Å²) >= 11 is 1.32. The van der Waals surface area contributed by atoms with Crippen molar-refractivity contribution in [3.63, 3.8) is 0 Å². The van der Waals surface area contributed by atoms with E-state index in [1.807, 2.05) is 13.1 Å². The first-order chi connectivity index (χ1) is 9.00. The fourth-order valence-corrected chi connectivity index (χ4v) is 3.56. The van der Waals surface area contributed by atoms with Gasteiger partial charge in [-0.05, 0) is 25.2 Å². The lowest BCUT2D eigenvalue weighted by Gasteiger charge is -2.34. The van der Waals surface area contributed by atoms with Gasteiger partial charge in [-0.15, -0.1) is 0 Å². The lowest BCUT2D eigenvalue weighted by molar-refractivity contribution is -0.133. The van der Waals surface area contributed by atoms with Gasteiger partial charge in [0.1, 0.15) is 0 Å². The number of hydrogen-bond acceptors (Lipinski definition) is 3. The maximum Gasteiger partial charge on any atom is 0.313 e. The quantitative estimate of drug-likeness (QED) is 0.842. The molecule has 0 atom stereocenters. The highest BCUT2D eigenvalue weighted by molar-refractivity contribution is 7.99. The molecular weight excluding hydrogens is 260 g/mol. The van der Waals surface area contributed by atoms with Crippen LogP contribution >= 0.6 is 11.8 Å². The summed E-state index contributed by atoms with van der Waals surface area (Å²) < 4.78 is 2.19. The van der Waals surface area contributed by atoms with Gasteiger partial charge in [0, 0.05) is 18.4 Å². The topological polar surface area (TPSA) is 55.1 Å². The van der Waals surface area contributed by atoms with E-state index < -0.39 is 5.97 Å². The van der Waals surface area contributed by atoms with Crippen LogP contribution in [0.25, 0.3) is 0 Å². The molecule has 1 aliphatic carbocycles. The van der Waals surface area contributed by atoms with Crippen molar-refractivity contribution in [1.82, 2.24) is 9.55 Å². The number of aryl methyl sites for hydroxylation is 1. The minimum absolute atomic E-state index is 0.0766. The van der Waals surface area contributed by atoms with Crippen molar-refractivity contribution in [3.8, 4) is 0 Å². The zero-order valence-electron chi connectivity index (χ0n) is 11.7. The average molecular weight is 282 g/mol. The maximum absolute atomic E-state index is 10.7. The van der Waals surface area contributed by atoms with E-state index >= 15 is 0 Å². The Morgan fingerprint density at radius 1 is 1.47 bits per heavy atom. The number of carboxylic acids is 1. The predicted octanol–water partition coefficient (Wildman–Crippen LogP) is 3.34. The third-order valence-electron chi connectivity index (χ3n) is 3.94. The average Bonchev–Trinajstić information content (AvgIpc) is 2.69. The van der Waals surface area contributed by atoms with E-state index in [4.69, 9.17) is 5.11 Å². The van der Waals surface area contributed by atoms with E-state index in [9.17, 15) is 4.79 Å². The number of hydrogen-bond donors (Lipinski definition) is 1. The van der Waals surface area contributed by atoms with E-state index in [-0.39, 0.29) is 5.75 Å². The van der Waals surface area contributed by atoms with Gasteiger partial charge < -0.3 is 9.67 Å². The van der Waals surface area contributed by atoms with Gasteiger partial charge in [0.05, 0.1) is 5.75 Å². The van der Waals surface area contributed by atoms with Crippen molar-refractivity contribution in [2.24, 2.45) is 5.41 Å². The molecule has 4 nitrogen and oxygen atoms in total. The second kappa shape index (κ2) is 5.99. The Morgan fingerprint density at radius 2 is 2.16 bits per heavy atom. The third kappa shape index (κ3) is 3.75. The molecule has 2 rings (SSSR count). The Balaban J connectivity index is 2.10. The first kappa shape index (κ1) is 14.4. The van der Waals surface area contributed by atoms with Gasteiger partial charge in [0.2, 0.25) is 0 Å². The number of aromatic nitrogens is 2. The first-order valence-corrected chi connectivity index (χ1v) is 7.85. The van der Waals surface area contributed by atoms with Crippen LogP contribution in [-0.2, 0) is 11.3 Å². The Labute approximate surface area is 118 Å². The fraction of sp³-hybridized carbons (Fsp3) is 0.714. The van der Waals surface area contributed by atoms with Crippen LogP contribution in [0.4, 0.5) is 0 Å². The highest BCUT2D eigenvalue weighted by atomic mass is 32.2. The third-order valence-corrected chi connectivity index (χ3v) is 4.92. The van der Waals surface area contributed by atoms with Crippen LogP contribution in [0.15, 0.2) is 11.4 Å². The first-order valence-electron chi connectivity index (χ1n) is 6.87. The van der Waals surface area contributed by atoms with Crippen LogP contribution in [0.1, 0.15) is 44.7 Å². The molecule has 1 aromatic rings. The molecule has 0 saturated heterocycles. The summed E-state index contributed by atoms with van der Waals surface area (Å²) in [6.45, 7) is 5.35. The number of carbonyl (C=O) groups is 1. The van der Waals surface area contributed by atoms with Crippen molar-refractivity contribution in [3.05, 3.63) is 11.9 Å². The van der Waals surface area contributed by atoms with Crippen LogP contribution in [-0.4, -0.2) is 26.4 Å². The second-order valence-corrected chi connectivity index (χ2v) is 6.76. The smallest absolute Gasteiger partial charge is 0.313 e. The van der Waals surface area contributed by atoms with E-state index in [1.54, 1.807) is 0 Å². The Hall–Kier alpha value is -0.970. The van der Waals surface area contributed by atoms with E-state index in [1.165, 1.54) is 43.9 Å². The number of rotatable bonds is 5. The Bertz CT molecular complexity index is 450. The minimum atomic E-state index is -0.791. The number of thioether (sulfide) groups is 1. The summed E-state index contributed by atoms with van der Waals surface area (Å²) in [5.74, 6) is -0.714. The highest BCUT2D eigenvalue weighted by Gasteiger charge is 2.28. The molecule has 106 valence electrons. The van der Waals surface area contributed by atoms with Gasteiger partial charge in [-0.3, -0.25) is 4.79 Å². The summed E-state index contributed by atoms with van der Waals surface area (Å²) in [6, 6.07) is 0. The molecule has 0 radical (unpaired) electrons. The molecule has 5 heteroatoms. The summed E-state index contributed by atoms with van der Waals surface area (Å²) in [5, 5.41) is 9.63. The normalized spacial score (nSPS) is 18.4. The van der Waals surface area contributed by atoms with Crippen molar-refractivity contribution >= 4 is 17.7 Å². The largest absolute Gasteiger partial charge is 0.481 e. The minimum Gasteiger partial charge on any atom is -0.481 e. The molecule has 1 heterocycles. The fourth-order valence-electron chi connectivity index (χ4n) is 2.82. The second-order valence-electron chi connectivity index (χ2n) is 5.82. The van der Waals surface area contributed by atoms with Crippen LogP contribution in [0.3, 0.4) is 0 Å². The molecule has 1 aliphatic rings. The molecule has 0 spiro atoms. The predicted molar refractivity (Wildman–Crippen MR) is 76.5 cm³/mol. The summed E-state index contributed by atoms with van der Waals surface area (Å²) in [5.41, 5.74) is 1.46. The standard InChI is InChI=1S/C14H22N2O2S/c1-11-8-15-13(19-9-12(17)18)16(11)10-14(2)6-4-3-5-7-14/h8H,3-7,9-10H2,1-2H3,(H,17,18). The lowest BCUT2D eigenvalue weighted by Crippen LogP contribution is -2.27. The highest BCUT2D eigenvalue weighted by Crippen LogP contribution is 2.38. The Kier molecular flexibility index (Phi) is 4.55. The van der Waals surface area contributed by atoms with Crippen LogP contribution in [0, 0.1) is 12.3 Å². The maximum atomic E-state index is 10.7. The van der Waals surface area contributed by atoms with Crippen molar-refractivity contribution in [1.29, 1.82) is 0 Å². The summed E-state index contributed by atoms with van der Waals surface area (Å²) in [7, 11) is 0. The molecule has 1 saturated carbocycles. The monoisotopic (exact) mass is 282 g/mol. The van der Waals surface area contributed by atoms with Gasteiger partial charge in [0.15, 0.2) is 5.16 Å². The molecule has 0 aliphatic heterocycles. The van der Waals surface area contributed by atoms with Crippen molar-refractivity contribution < 1.29 is 9.90 Å². The lowest BCUT2D eigenvalue weighted by atomic mass is 9.75. The van der Waals surface area contributed by atoms with Crippen LogP contribution < -0.4 is 0 Å². The number of carboxylic acid groups (broad SMARTS) is 1. The van der Waals surface area contributed by atoms with E-state index in [0.29, 0.717) is 5.41 Å². The number of aliphatic carboxylic acids is 1. The van der Waals surface area contributed by atoms with Crippen LogP contribution in [0.5, 0.6) is 0 Å². The molecule has 19 heavy (non-hydrogen) atoms. The van der Waals surface area contributed by atoms with Crippen LogP contribution in [0.2, 0.25) is 0 Å². The van der Waals surface area contributed by atoms with Gasteiger partial charge in [-0.1, -0.05) is 37.9 Å². The van der Waals surface area contributed by atoms with Gasteiger partial charge in [-0.2, -0.15) is 0 Å². The van der Waals surface area contributed by atoms with Crippen molar-refractivity contribution in [2.45, 2.75) is 57.7 Å². The Morgan fingerprint density at radius 3 is 2.79 bits per heavy atom. The van der Waals surface area contributed by atoms with E-state index in [2.05, 4.69) is 16.5 Å². The molecule has 1 fully saturated rings. The van der Waals surface area contributed by atoms with Crippen molar-refractivity contribution in [2.75, 3.05) is 5.75 Å². The molecule has 0 unspecified atom stereocenters. The summed E-state index contributed by atoms with van der Waals surface area (Å²) in [4.78, 5) is 15.0. The zero-order chi connectivity index (χ0) is 13.9. The molecule has 1 aromatic heterocycles.